The minimum absolute atomic E-state index is 0.0291. The molecule has 1 atom stereocenters. The summed E-state index contributed by atoms with van der Waals surface area (Å²) >= 11 is 0. The number of amides is 1. The zero-order valence-corrected chi connectivity index (χ0v) is 19.2. The molecular weight excluding hydrogens is 426 g/mol. The van der Waals surface area contributed by atoms with Gasteiger partial charge in [-0.1, -0.05) is 13.8 Å². The van der Waals surface area contributed by atoms with E-state index in [0.717, 1.165) is 0 Å². The molecule has 0 bridgehead atoms. The standard InChI is InChI=1S/C22H31N7O4/c1-13(2)19(30)20(31)28(3)15-8-16(9-15)33-18-10-17(14-11-24-21(23)25-12-14)26-22(27-18)29-4-6-32-7-5-29/h10-13,15-16,19,30H,4-9H2,1-3H3,(H2,23,24,25)/t15-,16-,19-/m0/s1. The first-order valence-electron chi connectivity index (χ1n) is 11.2. The van der Waals surface area contributed by atoms with Crippen LogP contribution in [0.1, 0.15) is 26.7 Å². The average Bonchev–Trinajstić information content (AvgIpc) is 2.80. The van der Waals surface area contributed by atoms with Crippen LogP contribution in [-0.4, -0.2) is 87.5 Å². The van der Waals surface area contributed by atoms with Crippen molar-refractivity contribution in [1.29, 1.82) is 0 Å². The monoisotopic (exact) mass is 457 g/mol. The molecule has 178 valence electrons. The summed E-state index contributed by atoms with van der Waals surface area (Å²) in [5.74, 6) is 0.835. The zero-order chi connectivity index (χ0) is 23.5. The van der Waals surface area contributed by atoms with E-state index in [2.05, 4.69) is 24.8 Å². The van der Waals surface area contributed by atoms with Crippen LogP contribution in [0.5, 0.6) is 5.88 Å². The van der Waals surface area contributed by atoms with E-state index >= 15 is 0 Å². The number of likely N-dealkylation sites (N-methyl/N-ethyl adjacent to an activating group) is 1. The third-order valence-electron chi connectivity index (χ3n) is 6.09. The van der Waals surface area contributed by atoms with E-state index in [1.165, 1.54) is 0 Å². The number of carbonyl (C=O) groups excluding carboxylic acids is 1. The summed E-state index contributed by atoms with van der Waals surface area (Å²) in [6, 6.07) is 1.80. The van der Waals surface area contributed by atoms with Gasteiger partial charge in [-0.2, -0.15) is 4.98 Å². The van der Waals surface area contributed by atoms with Gasteiger partial charge >= 0.3 is 0 Å². The van der Waals surface area contributed by atoms with Crippen molar-refractivity contribution in [2.24, 2.45) is 5.92 Å². The number of hydrogen-bond acceptors (Lipinski definition) is 10. The molecule has 3 N–H and O–H groups in total. The first-order valence-corrected chi connectivity index (χ1v) is 11.2. The molecule has 1 aliphatic heterocycles. The van der Waals surface area contributed by atoms with E-state index < -0.39 is 6.10 Å². The summed E-state index contributed by atoms with van der Waals surface area (Å²) in [5, 5.41) is 10.1. The molecule has 11 heteroatoms. The fourth-order valence-corrected chi connectivity index (χ4v) is 3.79. The Labute approximate surface area is 193 Å². The van der Waals surface area contributed by atoms with Crippen LogP contribution in [0.15, 0.2) is 18.5 Å². The number of anilines is 2. The Morgan fingerprint density at radius 3 is 2.55 bits per heavy atom. The Morgan fingerprint density at radius 2 is 1.91 bits per heavy atom. The number of aliphatic hydroxyl groups is 1. The van der Waals surface area contributed by atoms with E-state index in [1.807, 2.05) is 13.8 Å². The molecular formula is C22H31N7O4. The number of nitrogens with zero attached hydrogens (tertiary/aromatic N) is 6. The fraction of sp³-hybridized carbons (Fsp3) is 0.591. The molecule has 2 aromatic rings. The molecule has 0 radical (unpaired) electrons. The second-order valence-corrected chi connectivity index (χ2v) is 8.82. The molecule has 2 aromatic heterocycles. The second kappa shape index (κ2) is 9.84. The lowest BCUT2D eigenvalue weighted by Crippen LogP contribution is -2.53. The molecule has 33 heavy (non-hydrogen) atoms. The number of rotatable bonds is 7. The van der Waals surface area contributed by atoms with Crippen LogP contribution in [0.4, 0.5) is 11.9 Å². The SMILES string of the molecule is CC(C)[C@H](O)C(=O)N(C)[C@H]1C[C@H](Oc2cc(-c3cnc(N)nc3)nc(N3CCOCC3)n2)C1. The Kier molecular flexibility index (Phi) is 6.89. The average molecular weight is 458 g/mol. The zero-order valence-electron chi connectivity index (χ0n) is 19.2. The van der Waals surface area contributed by atoms with Crippen molar-refractivity contribution in [2.45, 2.75) is 44.9 Å². The summed E-state index contributed by atoms with van der Waals surface area (Å²) in [7, 11) is 1.73. The van der Waals surface area contributed by atoms with E-state index in [4.69, 9.17) is 15.2 Å². The fourth-order valence-electron chi connectivity index (χ4n) is 3.79. The normalized spacial score (nSPS) is 21.4. The highest BCUT2D eigenvalue weighted by Crippen LogP contribution is 2.31. The Balaban J connectivity index is 1.47. The lowest BCUT2D eigenvalue weighted by Gasteiger charge is -2.41. The minimum atomic E-state index is -0.988. The van der Waals surface area contributed by atoms with Crippen LogP contribution in [-0.2, 0) is 9.53 Å². The van der Waals surface area contributed by atoms with Gasteiger partial charge in [0, 0.05) is 63.0 Å². The van der Waals surface area contributed by atoms with Gasteiger partial charge in [0.15, 0.2) is 0 Å². The quantitative estimate of drug-likeness (QED) is 0.612. The van der Waals surface area contributed by atoms with Gasteiger partial charge in [0.05, 0.1) is 18.9 Å². The molecule has 11 nitrogen and oxygen atoms in total. The van der Waals surface area contributed by atoms with Crippen LogP contribution in [0.3, 0.4) is 0 Å². The lowest BCUT2D eigenvalue weighted by atomic mass is 9.87. The number of hydrogen-bond donors (Lipinski definition) is 2. The maximum atomic E-state index is 12.4. The third kappa shape index (κ3) is 5.31. The van der Waals surface area contributed by atoms with Gasteiger partial charge in [0.25, 0.3) is 5.91 Å². The number of nitrogens with two attached hydrogens (primary N) is 1. The first-order chi connectivity index (χ1) is 15.8. The highest BCUT2D eigenvalue weighted by Gasteiger charge is 2.38. The summed E-state index contributed by atoms with van der Waals surface area (Å²) in [6.07, 6.45) is 3.52. The third-order valence-corrected chi connectivity index (χ3v) is 6.09. The topological polar surface area (TPSA) is 140 Å². The number of nitrogen functional groups attached to an aromatic ring is 1. The smallest absolute Gasteiger partial charge is 0.251 e. The van der Waals surface area contributed by atoms with Crippen LogP contribution >= 0.6 is 0 Å². The lowest BCUT2D eigenvalue weighted by molar-refractivity contribution is -0.146. The van der Waals surface area contributed by atoms with Gasteiger partial charge < -0.3 is 30.1 Å². The van der Waals surface area contributed by atoms with Crippen molar-refractivity contribution in [3.8, 4) is 17.1 Å². The highest BCUT2D eigenvalue weighted by atomic mass is 16.5. The molecule has 1 saturated heterocycles. The molecule has 0 spiro atoms. The summed E-state index contributed by atoms with van der Waals surface area (Å²) in [6.45, 7) is 6.26. The van der Waals surface area contributed by atoms with Crippen molar-refractivity contribution in [3.05, 3.63) is 18.5 Å². The van der Waals surface area contributed by atoms with Gasteiger partial charge in [-0.15, -0.1) is 0 Å². The Hall–Kier alpha value is -3.05. The van der Waals surface area contributed by atoms with E-state index in [1.54, 1.807) is 30.4 Å². The molecule has 3 heterocycles. The summed E-state index contributed by atoms with van der Waals surface area (Å²) in [4.78, 5) is 33.5. The van der Waals surface area contributed by atoms with Crippen molar-refractivity contribution < 1.29 is 19.4 Å². The maximum absolute atomic E-state index is 12.4. The molecule has 1 aliphatic carbocycles. The number of ether oxygens (including phenoxy) is 2. The predicted octanol–water partition coefficient (Wildman–Crippen LogP) is 0.738. The largest absolute Gasteiger partial charge is 0.474 e. The number of morpholine rings is 1. The Morgan fingerprint density at radius 1 is 1.24 bits per heavy atom. The van der Waals surface area contributed by atoms with Crippen molar-refractivity contribution >= 4 is 17.8 Å². The van der Waals surface area contributed by atoms with Gasteiger partial charge in [-0.3, -0.25) is 4.79 Å². The highest BCUT2D eigenvalue weighted by molar-refractivity contribution is 5.81. The molecule has 2 aliphatic rings. The number of aromatic nitrogens is 4. The van der Waals surface area contributed by atoms with Crippen LogP contribution in [0, 0.1) is 5.92 Å². The van der Waals surface area contributed by atoms with E-state index in [0.29, 0.717) is 62.2 Å². The predicted molar refractivity (Wildman–Crippen MR) is 122 cm³/mol. The number of carbonyl (C=O) groups is 1. The maximum Gasteiger partial charge on any atom is 0.251 e. The Bertz CT molecular complexity index is 960. The van der Waals surface area contributed by atoms with Gasteiger partial charge in [0.1, 0.15) is 12.2 Å². The number of aliphatic hydroxyl groups excluding tert-OH is 1. The van der Waals surface area contributed by atoms with E-state index in [-0.39, 0.29) is 29.9 Å². The second-order valence-electron chi connectivity index (χ2n) is 8.82. The van der Waals surface area contributed by atoms with Crippen molar-refractivity contribution in [2.75, 3.05) is 44.0 Å². The minimum Gasteiger partial charge on any atom is -0.474 e. The first kappa shape index (κ1) is 23.1. The molecule has 4 rings (SSSR count). The summed E-state index contributed by atoms with van der Waals surface area (Å²) < 4.78 is 11.6. The van der Waals surface area contributed by atoms with Crippen LogP contribution in [0.2, 0.25) is 0 Å². The van der Waals surface area contributed by atoms with Crippen LogP contribution < -0.4 is 15.4 Å². The molecule has 0 unspecified atom stereocenters. The van der Waals surface area contributed by atoms with Crippen molar-refractivity contribution in [3.63, 3.8) is 0 Å². The molecule has 1 saturated carbocycles. The summed E-state index contributed by atoms with van der Waals surface area (Å²) in [5.41, 5.74) is 6.98. The van der Waals surface area contributed by atoms with Gasteiger partial charge in [-0.25, -0.2) is 15.0 Å². The molecule has 0 aromatic carbocycles. The molecule has 2 fully saturated rings. The van der Waals surface area contributed by atoms with Gasteiger partial charge in [-0.05, 0) is 5.92 Å². The van der Waals surface area contributed by atoms with Gasteiger partial charge in [0.2, 0.25) is 17.8 Å². The van der Waals surface area contributed by atoms with Crippen LogP contribution in [0.25, 0.3) is 11.3 Å². The van der Waals surface area contributed by atoms with Crippen molar-refractivity contribution in [1.82, 2.24) is 24.8 Å². The van der Waals surface area contributed by atoms with E-state index in [9.17, 15) is 9.90 Å². The molecule has 1 amide bonds.